The Morgan fingerprint density at radius 2 is 1.97 bits per heavy atom. The van der Waals surface area contributed by atoms with Crippen molar-refractivity contribution in [3.63, 3.8) is 0 Å². The SMILES string of the molecule is CC1c2c(cc(CN3CCC(F)CC3)c3cccnc23)C(=O)N1[C@H]1CCCC[C@@H]1O. The summed E-state index contributed by atoms with van der Waals surface area (Å²) in [5, 5.41) is 11.7. The number of nitrogens with zero attached hydrogens (tertiary/aromatic N) is 3. The Bertz CT molecular complexity index is 957. The number of amides is 1. The maximum atomic E-state index is 13.6. The van der Waals surface area contributed by atoms with E-state index in [0.29, 0.717) is 19.4 Å². The van der Waals surface area contributed by atoms with E-state index < -0.39 is 12.3 Å². The van der Waals surface area contributed by atoms with Crippen LogP contribution in [0.3, 0.4) is 0 Å². The third kappa shape index (κ3) is 3.30. The molecule has 5 nitrogen and oxygen atoms in total. The molecule has 1 N–H and O–H groups in total. The van der Waals surface area contributed by atoms with Crippen molar-refractivity contribution in [2.45, 2.75) is 76.4 Å². The number of halogens is 1. The molecule has 1 aromatic heterocycles. The van der Waals surface area contributed by atoms with Gasteiger partial charge in [-0.2, -0.15) is 0 Å². The lowest BCUT2D eigenvalue weighted by Crippen LogP contribution is -2.46. The summed E-state index contributed by atoms with van der Waals surface area (Å²) < 4.78 is 13.6. The fourth-order valence-corrected chi connectivity index (χ4v) is 5.68. The number of hydrogen-bond acceptors (Lipinski definition) is 4. The van der Waals surface area contributed by atoms with Gasteiger partial charge in [-0.25, -0.2) is 4.39 Å². The summed E-state index contributed by atoms with van der Waals surface area (Å²) in [5.74, 6) is 0.0136. The predicted molar refractivity (Wildman–Crippen MR) is 114 cm³/mol. The molecule has 6 heteroatoms. The highest BCUT2D eigenvalue weighted by atomic mass is 19.1. The number of likely N-dealkylation sites (tertiary alicyclic amines) is 1. The molecule has 0 spiro atoms. The molecule has 1 amide bonds. The molecule has 3 atom stereocenters. The zero-order valence-corrected chi connectivity index (χ0v) is 17.6. The van der Waals surface area contributed by atoms with E-state index in [0.717, 1.165) is 66.4 Å². The first-order valence-electron chi connectivity index (χ1n) is 11.3. The molecule has 1 aliphatic carbocycles. The van der Waals surface area contributed by atoms with Crippen LogP contribution < -0.4 is 0 Å². The van der Waals surface area contributed by atoms with Crippen molar-refractivity contribution in [3.05, 3.63) is 41.1 Å². The van der Waals surface area contributed by atoms with Crippen molar-refractivity contribution < 1.29 is 14.3 Å². The number of benzene rings is 1. The average molecular weight is 412 g/mol. The van der Waals surface area contributed by atoms with Crippen molar-refractivity contribution in [3.8, 4) is 0 Å². The number of rotatable bonds is 3. The van der Waals surface area contributed by atoms with Crippen molar-refractivity contribution in [2.75, 3.05) is 13.1 Å². The zero-order chi connectivity index (χ0) is 20.8. The van der Waals surface area contributed by atoms with Crippen LogP contribution in [0.4, 0.5) is 4.39 Å². The third-order valence-electron chi connectivity index (χ3n) is 7.28. The van der Waals surface area contributed by atoms with E-state index in [1.54, 1.807) is 6.20 Å². The fraction of sp³-hybridized carbons (Fsp3) is 0.583. The first-order chi connectivity index (χ1) is 14.5. The number of piperidine rings is 1. The smallest absolute Gasteiger partial charge is 0.255 e. The molecule has 3 heterocycles. The molecule has 3 aliphatic rings. The standard InChI is InChI=1S/C24H30FN3O2/c1-15-22-19(24(30)28(15)20-6-2-3-7-21(20)29)13-16(18-5-4-10-26-23(18)22)14-27-11-8-17(25)9-12-27/h4-5,10,13,15,17,20-21,29H,2-3,6-9,11-12,14H2,1H3/t15?,20-,21-/m0/s1. The van der Waals surface area contributed by atoms with E-state index in [2.05, 4.69) is 22.9 Å². The second-order valence-electron chi connectivity index (χ2n) is 9.15. The van der Waals surface area contributed by atoms with Crippen molar-refractivity contribution >= 4 is 16.8 Å². The predicted octanol–water partition coefficient (Wildman–Crippen LogP) is 3.99. The Kier molecular flexibility index (Phi) is 5.23. The molecule has 5 rings (SSSR count). The van der Waals surface area contributed by atoms with Gasteiger partial charge < -0.3 is 10.0 Å². The van der Waals surface area contributed by atoms with Crippen molar-refractivity contribution in [1.29, 1.82) is 0 Å². The van der Waals surface area contributed by atoms with Crippen LogP contribution in [0.25, 0.3) is 10.9 Å². The third-order valence-corrected chi connectivity index (χ3v) is 7.28. The molecular formula is C24H30FN3O2. The summed E-state index contributed by atoms with van der Waals surface area (Å²) in [6.07, 6.45) is 5.45. The van der Waals surface area contributed by atoms with Crippen molar-refractivity contribution in [2.24, 2.45) is 0 Å². The molecule has 1 unspecified atom stereocenters. The van der Waals surface area contributed by atoms with E-state index >= 15 is 0 Å². The van der Waals surface area contributed by atoms with Crippen LogP contribution in [0.1, 0.15) is 73.0 Å². The first kappa shape index (κ1) is 19.9. The van der Waals surface area contributed by atoms with Crippen LogP contribution >= 0.6 is 0 Å². The van der Waals surface area contributed by atoms with Gasteiger partial charge in [0, 0.05) is 42.3 Å². The lowest BCUT2D eigenvalue weighted by Gasteiger charge is -2.37. The number of aromatic nitrogens is 1. The Morgan fingerprint density at radius 1 is 1.20 bits per heavy atom. The molecular weight excluding hydrogens is 381 g/mol. The highest BCUT2D eigenvalue weighted by Gasteiger charge is 2.43. The molecule has 30 heavy (non-hydrogen) atoms. The van der Waals surface area contributed by atoms with Gasteiger partial charge in [-0.3, -0.25) is 14.7 Å². The lowest BCUT2D eigenvalue weighted by atomic mass is 9.90. The van der Waals surface area contributed by atoms with Gasteiger partial charge in [0.1, 0.15) is 6.17 Å². The van der Waals surface area contributed by atoms with Gasteiger partial charge in [-0.1, -0.05) is 18.9 Å². The minimum atomic E-state index is -0.697. The van der Waals surface area contributed by atoms with Crippen LogP contribution in [0.5, 0.6) is 0 Å². The molecule has 160 valence electrons. The second-order valence-corrected chi connectivity index (χ2v) is 9.15. The molecule has 0 radical (unpaired) electrons. The minimum absolute atomic E-state index is 0.0136. The maximum Gasteiger partial charge on any atom is 0.255 e. The minimum Gasteiger partial charge on any atom is -0.391 e. The highest BCUT2D eigenvalue weighted by molar-refractivity contribution is 6.05. The fourth-order valence-electron chi connectivity index (χ4n) is 5.68. The van der Waals surface area contributed by atoms with Crippen LogP contribution in [-0.4, -0.2) is 57.2 Å². The summed E-state index contributed by atoms with van der Waals surface area (Å²) >= 11 is 0. The van der Waals surface area contributed by atoms with Gasteiger partial charge >= 0.3 is 0 Å². The number of pyridine rings is 1. The van der Waals surface area contributed by atoms with Gasteiger partial charge in [-0.05, 0) is 50.3 Å². The summed E-state index contributed by atoms with van der Waals surface area (Å²) in [7, 11) is 0. The molecule has 1 saturated heterocycles. The number of fused-ring (bicyclic) bond motifs is 3. The quantitative estimate of drug-likeness (QED) is 0.830. The van der Waals surface area contributed by atoms with Crippen molar-refractivity contribution in [1.82, 2.24) is 14.8 Å². The molecule has 2 aliphatic heterocycles. The van der Waals surface area contributed by atoms with E-state index in [1.807, 2.05) is 17.0 Å². The molecule has 2 fully saturated rings. The van der Waals surface area contributed by atoms with E-state index in [4.69, 9.17) is 0 Å². The molecule has 1 aromatic carbocycles. The van der Waals surface area contributed by atoms with E-state index in [-0.39, 0.29) is 18.0 Å². The van der Waals surface area contributed by atoms with Gasteiger partial charge in [0.15, 0.2) is 0 Å². The van der Waals surface area contributed by atoms with E-state index in [1.165, 1.54) is 0 Å². The summed E-state index contributed by atoms with van der Waals surface area (Å²) in [6.45, 7) is 4.25. The largest absolute Gasteiger partial charge is 0.391 e. The Hall–Kier alpha value is -2.05. The normalized spacial score (nSPS) is 28.3. The summed E-state index contributed by atoms with van der Waals surface area (Å²) in [4.78, 5) is 22.4. The monoisotopic (exact) mass is 411 g/mol. The number of alkyl halides is 1. The van der Waals surface area contributed by atoms with Gasteiger partial charge in [0.25, 0.3) is 5.91 Å². The Morgan fingerprint density at radius 3 is 2.73 bits per heavy atom. The number of carbonyl (C=O) groups excluding carboxylic acids is 1. The lowest BCUT2D eigenvalue weighted by molar-refractivity contribution is 0.00975. The van der Waals surface area contributed by atoms with Gasteiger partial charge in [0.2, 0.25) is 0 Å². The Balaban J connectivity index is 1.54. The Labute approximate surface area is 176 Å². The number of aliphatic hydroxyl groups excluding tert-OH is 1. The van der Waals surface area contributed by atoms with Crippen LogP contribution in [0, 0.1) is 0 Å². The average Bonchev–Trinajstić information content (AvgIpc) is 3.00. The van der Waals surface area contributed by atoms with Gasteiger partial charge in [0.05, 0.1) is 23.7 Å². The summed E-state index contributed by atoms with van der Waals surface area (Å²) in [6, 6.07) is 5.83. The topological polar surface area (TPSA) is 56.7 Å². The second kappa shape index (κ2) is 7.89. The van der Waals surface area contributed by atoms with Gasteiger partial charge in [-0.15, -0.1) is 0 Å². The van der Waals surface area contributed by atoms with Crippen LogP contribution in [0.15, 0.2) is 24.4 Å². The summed E-state index contributed by atoms with van der Waals surface area (Å²) in [5.41, 5.74) is 3.68. The van der Waals surface area contributed by atoms with E-state index in [9.17, 15) is 14.3 Å². The van der Waals surface area contributed by atoms with Crippen LogP contribution in [-0.2, 0) is 6.54 Å². The first-order valence-corrected chi connectivity index (χ1v) is 11.3. The van der Waals surface area contributed by atoms with Crippen LogP contribution in [0.2, 0.25) is 0 Å². The highest BCUT2D eigenvalue weighted by Crippen LogP contribution is 2.42. The zero-order valence-electron chi connectivity index (χ0n) is 17.6. The number of aliphatic hydroxyl groups is 1. The molecule has 0 bridgehead atoms. The number of carbonyl (C=O) groups is 1. The molecule has 2 aromatic rings. The maximum absolute atomic E-state index is 13.6. The number of hydrogen-bond donors (Lipinski definition) is 1. The molecule has 1 saturated carbocycles.